The number of nitrogens with one attached hydrogen (secondary N) is 1. The van der Waals surface area contributed by atoms with Gasteiger partial charge < -0.3 is 10.1 Å². The van der Waals surface area contributed by atoms with Crippen LogP contribution in [0.1, 0.15) is 49.4 Å². The van der Waals surface area contributed by atoms with Crippen molar-refractivity contribution in [3.63, 3.8) is 0 Å². The number of thiophene rings is 1. The molecule has 0 spiro atoms. The number of nitrogens with zero attached hydrogens (tertiary/aromatic N) is 2. The molecule has 32 heavy (non-hydrogen) atoms. The lowest BCUT2D eigenvalue weighted by atomic mass is 9.96. The molecule has 1 amide bonds. The van der Waals surface area contributed by atoms with E-state index in [4.69, 9.17) is 4.74 Å². The topological polar surface area (TPSA) is 106 Å². The normalized spacial score (nSPS) is 15.0. The highest BCUT2D eigenvalue weighted by Crippen LogP contribution is 2.27. The summed E-state index contributed by atoms with van der Waals surface area (Å²) in [6.45, 7) is 1.97. The van der Waals surface area contributed by atoms with Gasteiger partial charge in [-0.2, -0.15) is 4.31 Å². The summed E-state index contributed by atoms with van der Waals surface area (Å²) < 4.78 is 32.2. The van der Waals surface area contributed by atoms with Crippen LogP contribution in [0.25, 0.3) is 0 Å². The molecule has 0 aliphatic heterocycles. The average molecular weight is 498 g/mol. The molecule has 0 unspecified atom stereocenters. The highest BCUT2D eigenvalue weighted by molar-refractivity contribution is 7.99. The summed E-state index contributed by atoms with van der Waals surface area (Å²) in [5.74, 6) is -0.701. The van der Waals surface area contributed by atoms with Gasteiger partial charge in [0.25, 0.3) is 0 Å². The molecule has 1 saturated carbocycles. The molecule has 2 aromatic rings. The Morgan fingerprint density at radius 2 is 2.00 bits per heavy atom. The summed E-state index contributed by atoms with van der Waals surface area (Å²) in [5, 5.41) is 5.40. The predicted octanol–water partition coefficient (Wildman–Crippen LogP) is 4.00. The number of amides is 1. The maximum Gasteiger partial charge on any atom is 0.341 e. The van der Waals surface area contributed by atoms with E-state index in [1.807, 2.05) is 0 Å². The summed E-state index contributed by atoms with van der Waals surface area (Å²) in [6.07, 6.45) is 6.36. The quantitative estimate of drug-likeness (QED) is 0.412. The molecule has 174 valence electrons. The number of carbonyl (C=O) groups excluding carboxylic acids is 2. The Bertz CT molecular complexity index is 1030. The Labute approximate surface area is 196 Å². The van der Waals surface area contributed by atoms with Gasteiger partial charge in [0.15, 0.2) is 0 Å². The van der Waals surface area contributed by atoms with E-state index in [0.29, 0.717) is 15.6 Å². The summed E-state index contributed by atoms with van der Waals surface area (Å²) in [7, 11) is -1.97. The minimum atomic E-state index is -3.60. The minimum Gasteiger partial charge on any atom is -0.462 e. The Morgan fingerprint density at radius 3 is 2.66 bits per heavy atom. The fourth-order valence-corrected chi connectivity index (χ4v) is 6.29. The van der Waals surface area contributed by atoms with Crippen molar-refractivity contribution in [2.24, 2.45) is 0 Å². The molecule has 1 aliphatic carbocycles. The lowest BCUT2D eigenvalue weighted by Gasteiger charge is -2.30. The monoisotopic (exact) mass is 497 g/mol. The predicted molar refractivity (Wildman–Crippen MR) is 126 cm³/mol. The number of thioether (sulfide) groups is 1. The smallest absolute Gasteiger partial charge is 0.341 e. The van der Waals surface area contributed by atoms with E-state index in [1.165, 1.54) is 39.7 Å². The van der Waals surface area contributed by atoms with Gasteiger partial charge in [-0.25, -0.2) is 18.2 Å². The fourth-order valence-electron chi connectivity index (χ4n) is 3.49. The van der Waals surface area contributed by atoms with Crippen LogP contribution in [0.3, 0.4) is 0 Å². The van der Waals surface area contributed by atoms with E-state index in [-0.39, 0.29) is 29.2 Å². The maximum atomic E-state index is 12.9. The zero-order valence-corrected chi connectivity index (χ0v) is 20.5. The Hall–Kier alpha value is -1.95. The lowest BCUT2D eigenvalue weighted by Crippen LogP contribution is -2.38. The lowest BCUT2D eigenvalue weighted by molar-refractivity contribution is -0.113. The standard InChI is InChI=1S/C21H27N3O5S3/c1-3-29-21(26)17-11-12-30-20(17)23-18(25)14-31-19-10-9-16(13-22-19)32(27,28)24(2)15-7-5-4-6-8-15/h9-13,15H,3-8,14H2,1-2H3,(H,23,25). The third-order valence-electron chi connectivity index (χ3n) is 5.24. The van der Waals surface area contributed by atoms with Crippen molar-refractivity contribution >= 4 is 50.0 Å². The summed E-state index contributed by atoms with van der Waals surface area (Å²) in [6, 6.07) is 4.77. The molecule has 2 aromatic heterocycles. The Balaban J connectivity index is 1.56. The number of esters is 1. The van der Waals surface area contributed by atoms with E-state index in [0.717, 1.165) is 32.1 Å². The van der Waals surface area contributed by atoms with E-state index in [9.17, 15) is 18.0 Å². The SMILES string of the molecule is CCOC(=O)c1ccsc1NC(=O)CSc1ccc(S(=O)(=O)N(C)C2CCCCC2)cn1. The van der Waals surface area contributed by atoms with Gasteiger partial charge in [0.05, 0.1) is 22.9 Å². The molecule has 1 N–H and O–H groups in total. The number of rotatable bonds is 9. The first-order chi connectivity index (χ1) is 15.3. The second-order valence-corrected chi connectivity index (χ2v) is 11.3. The minimum absolute atomic E-state index is 0.0308. The molecule has 0 saturated heterocycles. The highest BCUT2D eigenvalue weighted by Gasteiger charge is 2.29. The molecule has 1 aliphatic rings. The van der Waals surface area contributed by atoms with Crippen LogP contribution < -0.4 is 5.32 Å². The van der Waals surface area contributed by atoms with Crippen molar-refractivity contribution in [2.75, 3.05) is 24.7 Å². The summed E-state index contributed by atoms with van der Waals surface area (Å²) in [4.78, 5) is 28.6. The average Bonchev–Trinajstić information content (AvgIpc) is 3.26. The molecule has 8 nitrogen and oxygen atoms in total. The van der Waals surface area contributed by atoms with Crippen LogP contribution in [-0.4, -0.2) is 55.0 Å². The fraction of sp³-hybridized carbons (Fsp3) is 0.476. The van der Waals surface area contributed by atoms with Crippen LogP contribution in [0.5, 0.6) is 0 Å². The van der Waals surface area contributed by atoms with Gasteiger partial charge in [-0.1, -0.05) is 31.0 Å². The molecule has 0 bridgehead atoms. The van der Waals surface area contributed by atoms with Gasteiger partial charge in [-0.3, -0.25) is 4.79 Å². The highest BCUT2D eigenvalue weighted by atomic mass is 32.2. The van der Waals surface area contributed by atoms with Crippen LogP contribution in [0.4, 0.5) is 5.00 Å². The van der Waals surface area contributed by atoms with Gasteiger partial charge in [-0.15, -0.1) is 11.3 Å². The molecular formula is C21H27N3O5S3. The molecular weight excluding hydrogens is 470 g/mol. The van der Waals surface area contributed by atoms with Crippen molar-refractivity contribution < 1.29 is 22.7 Å². The number of aromatic nitrogens is 1. The number of anilines is 1. The van der Waals surface area contributed by atoms with E-state index < -0.39 is 16.0 Å². The molecule has 0 radical (unpaired) electrons. The van der Waals surface area contributed by atoms with E-state index in [2.05, 4.69) is 10.3 Å². The van der Waals surface area contributed by atoms with Crippen molar-refractivity contribution in [3.8, 4) is 0 Å². The van der Waals surface area contributed by atoms with Gasteiger partial charge >= 0.3 is 5.97 Å². The molecule has 1 fully saturated rings. The number of hydrogen-bond acceptors (Lipinski definition) is 8. The molecule has 11 heteroatoms. The second-order valence-electron chi connectivity index (χ2n) is 7.37. The van der Waals surface area contributed by atoms with Crippen molar-refractivity contribution in [3.05, 3.63) is 35.3 Å². The Morgan fingerprint density at radius 1 is 1.25 bits per heavy atom. The molecule has 2 heterocycles. The molecule has 0 aromatic carbocycles. The van der Waals surface area contributed by atoms with Crippen LogP contribution in [-0.2, 0) is 19.6 Å². The molecule has 0 atom stereocenters. The van der Waals surface area contributed by atoms with Crippen LogP contribution in [0.15, 0.2) is 39.7 Å². The van der Waals surface area contributed by atoms with E-state index in [1.54, 1.807) is 31.5 Å². The number of pyridine rings is 1. The third kappa shape index (κ3) is 6.09. The number of sulfonamides is 1. The van der Waals surface area contributed by atoms with Crippen molar-refractivity contribution in [2.45, 2.75) is 55.0 Å². The summed E-state index contributed by atoms with van der Waals surface area (Å²) in [5.41, 5.74) is 0.324. The number of hydrogen-bond donors (Lipinski definition) is 1. The first-order valence-corrected chi connectivity index (χ1v) is 13.7. The summed E-state index contributed by atoms with van der Waals surface area (Å²) >= 11 is 2.43. The second kappa shape index (κ2) is 11.3. The van der Waals surface area contributed by atoms with Crippen molar-refractivity contribution in [1.82, 2.24) is 9.29 Å². The van der Waals surface area contributed by atoms with Gasteiger partial charge in [0, 0.05) is 19.3 Å². The largest absolute Gasteiger partial charge is 0.462 e. The zero-order chi connectivity index (χ0) is 23.1. The van der Waals surface area contributed by atoms with E-state index >= 15 is 0 Å². The van der Waals surface area contributed by atoms with Gasteiger partial charge in [0.1, 0.15) is 9.90 Å². The maximum absolute atomic E-state index is 12.9. The van der Waals surface area contributed by atoms with Gasteiger partial charge in [0.2, 0.25) is 15.9 Å². The van der Waals surface area contributed by atoms with Crippen LogP contribution in [0.2, 0.25) is 0 Å². The van der Waals surface area contributed by atoms with Crippen LogP contribution in [0, 0.1) is 0 Å². The first kappa shape index (κ1) is 24.7. The zero-order valence-electron chi connectivity index (χ0n) is 18.1. The van der Waals surface area contributed by atoms with Crippen LogP contribution >= 0.6 is 23.1 Å². The molecule has 3 rings (SSSR count). The Kier molecular flexibility index (Phi) is 8.69. The number of ether oxygens (including phenoxy) is 1. The number of carbonyl (C=O) groups is 2. The van der Waals surface area contributed by atoms with Gasteiger partial charge in [-0.05, 0) is 43.3 Å². The van der Waals surface area contributed by atoms with Crippen molar-refractivity contribution in [1.29, 1.82) is 0 Å². The first-order valence-electron chi connectivity index (χ1n) is 10.4. The third-order valence-corrected chi connectivity index (χ3v) is 8.91.